The Balaban J connectivity index is 2.14. The Hall–Kier alpha value is -1.13. The van der Waals surface area contributed by atoms with Crippen LogP contribution in [0.3, 0.4) is 0 Å². The molecule has 0 bridgehead atoms. The lowest BCUT2D eigenvalue weighted by atomic mass is 10.2. The summed E-state index contributed by atoms with van der Waals surface area (Å²) in [5, 5.41) is 0. The van der Waals surface area contributed by atoms with E-state index in [1.807, 2.05) is 24.1 Å². The van der Waals surface area contributed by atoms with Gasteiger partial charge in [-0.1, -0.05) is 11.6 Å². The number of nitrogens with zero attached hydrogens (tertiary/aromatic N) is 1. The molecular formula is C12H10ClF2NS. The van der Waals surface area contributed by atoms with Crippen molar-refractivity contribution in [2.24, 2.45) is 0 Å². The maximum Gasteiger partial charge on any atom is 0.160 e. The quantitative estimate of drug-likeness (QED) is 0.805. The van der Waals surface area contributed by atoms with Crippen molar-refractivity contribution in [1.29, 1.82) is 0 Å². The van der Waals surface area contributed by atoms with Gasteiger partial charge in [-0.15, -0.1) is 11.3 Å². The van der Waals surface area contributed by atoms with Crippen LogP contribution >= 0.6 is 22.9 Å². The van der Waals surface area contributed by atoms with Gasteiger partial charge in [0.05, 0.1) is 10.9 Å². The normalized spacial score (nSPS) is 10.6. The minimum Gasteiger partial charge on any atom is -0.369 e. The van der Waals surface area contributed by atoms with Gasteiger partial charge < -0.3 is 4.90 Å². The van der Waals surface area contributed by atoms with Gasteiger partial charge in [0.25, 0.3) is 0 Å². The van der Waals surface area contributed by atoms with Crippen molar-refractivity contribution in [2.75, 3.05) is 11.9 Å². The van der Waals surface area contributed by atoms with Gasteiger partial charge in [0, 0.05) is 23.7 Å². The zero-order valence-electron chi connectivity index (χ0n) is 9.08. The van der Waals surface area contributed by atoms with E-state index in [1.165, 1.54) is 17.4 Å². The minimum atomic E-state index is -0.835. The molecule has 0 aliphatic rings. The molecule has 0 amide bonds. The van der Waals surface area contributed by atoms with E-state index < -0.39 is 11.6 Å². The number of halogens is 3. The third kappa shape index (κ3) is 2.96. The van der Waals surface area contributed by atoms with E-state index in [2.05, 4.69) is 0 Å². The van der Waals surface area contributed by atoms with E-state index in [0.29, 0.717) is 12.2 Å². The Morgan fingerprint density at radius 1 is 1.18 bits per heavy atom. The van der Waals surface area contributed by atoms with Crippen molar-refractivity contribution in [3.05, 3.63) is 51.2 Å². The lowest BCUT2D eigenvalue weighted by Crippen LogP contribution is -2.15. The molecule has 0 atom stereocenters. The van der Waals surface area contributed by atoms with Crippen LogP contribution in [0.1, 0.15) is 4.88 Å². The summed E-state index contributed by atoms with van der Waals surface area (Å²) < 4.78 is 26.6. The number of rotatable bonds is 3. The third-order valence-electron chi connectivity index (χ3n) is 2.37. The zero-order valence-corrected chi connectivity index (χ0v) is 10.7. The molecule has 90 valence electrons. The predicted octanol–water partition coefficient (Wildman–Crippen LogP) is 4.32. The topological polar surface area (TPSA) is 3.24 Å². The second kappa shape index (κ2) is 5.02. The average Bonchev–Trinajstić information content (AvgIpc) is 2.68. The van der Waals surface area contributed by atoms with Gasteiger partial charge in [0.1, 0.15) is 0 Å². The van der Waals surface area contributed by atoms with Crippen LogP contribution in [0.15, 0.2) is 30.3 Å². The van der Waals surface area contributed by atoms with Crippen molar-refractivity contribution in [3.8, 4) is 0 Å². The second-order valence-corrected chi connectivity index (χ2v) is 5.46. The lowest BCUT2D eigenvalue weighted by Gasteiger charge is -2.18. The number of anilines is 1. The van der Waals surface area contributed by atoms with E-state index in [-0.39, 0.29) is 0 Å². The first-order valence-electron chi connectivity index (χ1n) is 4.96. The lowest BCUT2D eigenvalue weighted by molar-refractivity contribution is 0.508. The van der Waals surface area contributed by atoms with Crippen LogP contribution < -0.4 is 4.90 Å². The summed E-state index contributed by atoms with van der Waals surface area (Å²) in [6, 6.07) is 7.60. The van der Waals surface area contributed by atoms with Crippen molar-refractivity contribution in [2.45, 2.75) is 6.54 Å². The van der Waals surface area contributed by atoms with Crippen molar-refractivity contribution >= 4 is 28.6 Å². The van der Waals surface area contributed by atoms with Crippen LogP contribution in [0.2, 0.25) is 4.34 Å². The molecule has 1 aromatic carbocycles. The molecule has 0 unspecified atom stereocenters. The highest BCUT2D eigenvalue weighted by molar-refractivity contribution is 7.16. The van der Waals surface area contributed by atoms with Crippen LogP contribution in [0.5, 0.6) is 0 Å². The van der Waals surface area contributed by atoms with Crippen LogP contribution in [-0.4, -0.2) is 7.05 Å². The van der Waals surface area contributed by atoms with Gasteiger partial charge in [-0.2, -0.15) is 0 Å². The van der Waals surface area contributed by atoms with Crippen molar-refractivity contribution < 1.29 is 8.78 Å². The summed E-state index contributed by atoms with van der Waals surface area (Å²) in [6.07, 6.45) is 0. The standard InChI is InChI=1S/C12H10ClF2NS/c1-16(7-9-3-5-12(13)17-9)8-2-4-10(14)11(15)6-8/h2-6H,7H2,1H3. The van der Waals surface area contributed by atoms with Crippen molar-refractivity contribution in [3.63, 3.8) is 0 Å². The largest absolute Gasteiger partial charge is 0.369 e. The first-order valence-corrected chi connectivity index (χ1v) is 6.16. The first-order chi connectivity index (χ1) is 8.06. The Bertz CT molecular complexity index is 527. The Morgan fingerprint density at radius 3 is 2.53 bits per heavy atom. The molecule has 1 heterocycles. The van der Waals surface area contributed by atoms with Gasteiger partial charge >= 0.3 is 0 Å². The molecular weight excluding hydrogens is 264 g/mol. The number of benzene rings is 1. The fourth-order valence-electron chi connectivity index (χ4n) is 1.48. The Kier molecular flexibility index (Phi) is 3.64. The molecule has 1 aromatic heterocycles. The summed E-state index contributed by atoms with van der Waals surface area (Å²) in [6.45, 7) is 0.614. The van der Waals surface area contributed by atoms with Gasteiger partial charge in [-0.05, 0) is 24.3 Å². The molecule has 0 saturated heterocycles. The molecule has 0 spiro atoms. The SMILES string of the molecule is CN(Cc1ccc(Cl)s1)c1ccc(F)c(F)c1. The fourth-order valence-corrected chi connectivity index (χ4v) is 2.63. The molecule has 2 aromatic rings. The summed E-state index contributed by atoms with van der Waals surface area (Å²) in [7, 11) is 1.82. The highest BCUT2D eigenvalue weighted by atomic mass is 35.5. The predicted molar refractivity (Wildman–Crippen MR) is 67.8 cm³/mol. The van der Waals surface area contributed by atoms with Gasteiger partial charge in [-0.3, -0.25) is 0 Å². The molecule has 0 fully saturated rings. The Labute approximate surface area is 107 Å². The maximum absolute atomic E-state index is 13.1. The van der Waals surface area contributed by atoms with Gasteiger partial charge in [0.15, 0.2) is 11.6 Å². The summed E-state index contributed by atoms with van der Waals surface area (Å²) in [5.74, 6) is -1.67. The van der Waals surface area contributed by atoms with Crippen LogP contribution in [-0.2, 0) is 6.54 Å². The first kappa shape index (κ1) is 12.3. The fraction of sp³-hybridized carbons (Fsp3) is 0.167. The molecule has 17 heavy (non-hydrogen) atoms. The Morgan fingerprint density at radius 2 is 1.94 bits per heavy atom. The molecule has 0 aliphatic heterocycles. The van der Waals surface area contributed by atoms with Crippen molar-refractivity contribution in [1.82, 2.24) is 0 Å². The van der Waals surface area contributed by atoms with Gasteiger partial charge in [-0.25, -0.2) is 8.78 Å². The minimum absolute atomic E-state index is 0.614. The number of hydrogen-bond donors (Lipinski definition) is 0. The summed E-state index contributed by atoms with van der Waals surface area (Å²) in [4.78, 5) is 2.91. The second-order valence-electron chi connectivity index (χ2n) is 3.66. The molecule has 5 heteroatoms. The maximum atomic E-state index is 13.1. The molecule has 0 aliphatic carbocycles. The van der Waals surface area contributed by atoms with E-state index in [1.54, 1.807) is 6.07 Å². The molecule has 1 nitrogen and oxygen atoms in total. The van der Waals surface area contributed by atoms with E-state index in [0.717, 1.165) is 15.3 Å². The summed E-state index contributed by atoms with van der Waals surface area (Å²) >= 11 is 7.30. The monoisotopic (exact) mass is 273 g/mol. The third-order valence-corrected chi connectivity index (χ3v) is 3.58. The van der Waals surface area contributed by atoms with E-state index in [9.17, 15) is 8.78 Å². The van der Waals surface area contributed by atoms with Crippen LogP contribution in [0, 0.1) is 11.6 Å². The number of hydrogen-bond acceptors (Lipinski definition) is 2. The molecule has 0 saturated carbocycles. The van der Waals surface area contributed by atoms with Crippen LogP contribution in [0.25, 0.3) is 0 Å². The molecule has 0 N–H and O–H groups in total. The average molecular weight is 274 g/mol. The highest BCUT2D eigenvalue weighted by Gasteiger charge is 2.08. The van der Waals surface area contributed by atoms with Gasteiger partial charge in [0.2, 0.25) is 0 Å². The smallest absolute Gasteiger partial charge is 0.160 e. The number of thiophene rings is 1. The molecule has 2 rings (SSSR count). The van der Waals surface area contributed by atoms with E-state index in [4.69, 9.17) is 11.6 Å². The highest BCUT2D eigenvalue weighted by Crippen LogP contribution is 2.25. The molecule has 0 radical (unpaired) electrons. The van der Waals surface area contributed by atoms with Crippen LogP contribution in [0.4, 0.5) is 14.5 Å². The van der Waals surface area contributed by atoms with E-state index >= 15 is 0 Å². The summed E-state index contributed by atoms with van der Waals surface area (Å²) in [5.41, 5.74) is 0.633. The zero-order chi connectivity index (χ0) is 12.4.